The minimum atomic E-state index is -3.65. The molecule has 0 spiro atoms. The van der Waals surface area contributed by atoms with Gasteiger partial charge in [0.15, 0.2) is 4.60 Å². The van der Waals surface area contributed by atoms with Crippen LogP contribution >= 0.6 is 15.9 Å². The van der Waals surface area contributed by atoms with Crippen molar-refractivity contribution in [2.45, 2.75) is 51.1 Å². The highest BCUT2D eigenvalue weighted by molar-refractivity contribution is 9.10. The van der Waals surface area contributed by atoms with Crippen LogP contribution < -0.4 is 4.72 Å². The molecule has 0 radical (unpaired) electrons. The van der Waals surface area contributed by atoms with Gasteiger partial charge < -0.3 is 0 Å². The van der Waals surface area contributed by atoms with Gasteiger partial charge in [0.25, 0.3) is 10.0 Å². The van der Waals surface area contributed by atoms with E-state index in [1.165, 1.54) is 11.1 Å². The number of sulfonamides is 1. The van der Waals surface area contributed by atoms with Crippen molar-refractivity contribution in [2.24, 2.45) is 23.8 Å². The van der Waals surface area contributed by atoms with Crippen molar-refractivity contribution >= 4 is 26.0 Å². The Balaban J connectivity index is 1.97. The normalized spacial score (nSPS) is 34.5. The van der Waals surface area contributed by atoms with Gasteiger partial charge in [0, 0.05) is 13.1 Å². The van der Waals surface area contributed by atoms with E-state index in [0.717, 1.165) is 12.8 Å². The number of fused-ring (bicyclic) bond motifs is 2. The summed E-state index contributed by atoms with van der Waals surface area (Å²) < 4.78 is 30.0. The summed E-state index contributed by atoms with van der Waals surface area (Å²) in [6.45, 7) is 6.54. The molecule has 1 aromatic heterocycles. The molecule has 1 heterocycles. The summed E-state index contributed by atoms with van der Waals surface area (Å²) in [6.07, 6.45) is 3.37. The van der Waals surface area contributed by atoms with E-state index in [0.29, 0.717) is 5.92 Å². The SMILES string of the molecule is Cn1nnc(Br)c1S(=O)(=O)NC1C2(C)CCC(C2)C1(C)C. The summed E-state index contributed by atoms with van der Waals surface area (Å²) in [4.78, 5) is 0. The standard InChI is InChI=1S/C13H21BrN4O2S/c1-12(2)8-5-6-13(3,7-8)11(12)16-21(19,20)10-9(14)15-17-18(10)4/h8,11,16H,5-7H2,1-4H3. The zero-order chi connectivity index (χ0) is 15.6. The molecule has 3 atom stereocenters. The summed E-state index contributed by atoms with van der Waals surface area (Å²) in [5.41, 5.74) is 0.0122. The maximum Gasteiger partial charge on any atom is 0.260 e. The van der Waals surface area contributed by atoms with Crippen LogP contribution in [0.5, 0.6) is 0 Å². The Bertz CT molecular complexity index is 660. The highest BCUT2D eigenvalue weighted by atomic mass is 79.9. The summed E-state index contributed by atoms with van der Waals surface area (Å²) in [7, 11) is -2.07. The summed E-state index contributed by atoms with van der Waals surface area (Å²) in [5, 5.41) is 7.62. The second-order valence-electron chi connectivity index (χ2n) is 7.28. The van der Waals surface area contributed by atoms with Gasteiger partial charge >= 0.3 is 0 Å². The van der Waals surface area contributed by atoms with Gasteiger partial charge in [0.2, 0.25) is 5.03 Å². The summed E-state index contributed by atoms with van der Waals surface area (Å²) in [5.74, 6) is 0.586. The molecule has 0 amide bonds. The van der Waals surface area contributed by atoms with Gasteiger partial charge in [-0.2, -0.15) is 0 Å². The molecular weight excluding hydrogens is 356 g/mol. The van der Waals surface area contributed by atoms with E-state index in [9.17, 15) is 8.42 Å². The molecule has 6 nitrogen and oxygen atoms in total. The van der Waals surface area contributed by atoms with E-state index in [1.54, 1.807) is 7.05 Å². The van der Waals surface area contributed by atoms with Crippen LogP contribution in [0.25, 0.3) is 0 Å². The lowest BCUT2D eigenvalue weighted by Crippen LogP contribution is -2.52. The van der Waals surface area contributed by atoms with Crippen molar-refractivity contribution in [3.63, 3.8) is 0 Å². The largest absolute Gasteiger partial charge is 0.260 e. The number of aryl methyl sites for hydroxylation is 1. The number of hydrogen-bond donors (Lipinski definition) is 1. The highest BCUT2D eigenvalue weighted by Gasteiger charge is 2.60. The van der Waals surface area contributed by atoms with Crippen molar-refractivity contribution < 1.29 is 8.42 Å². The topological polar surface area (TPSA) is 76.9 Å². The number of halogens is 1. The van der Waals surface area contributed by atoms with E-state index in [-0.39, 0.29) is 26.5 Å². The molecule has 2 aliphatic rings. The second-order valence-corrected chi connectivity index (χ2v) is 9.66. The third kappa shape index (κ3) is 2.17. The lowest BCUT2D eigenvalue weighted by Gasteiger charge is -2.42. The third-order valence-corrected chi connectivity index (χ3v) is 7.84. The van der Waals surface area contributed by atoms with Crippen LogP contribution in [0.4, 0.5) is 0 Å². The molecule has 3 unspecified atom stereocenters. The number of nitrogens with one attached hydrogen (secondary N) is 1. The van der Waals surface area contributed by atoms with Crippen LogP contribution in [0.1, 0.15) is 40.0 Å². The van der Waals surface area contributed by atoms with Crippen molar-refractivity contribution in [2.75, 3.05) is 0 Å². The van der Waals surface area contributed by atoms with Gasteiger partial charge in [-0.1, -0.05) is 26.0 Å². The first kappa shape index (κ1) is 15.4. The fourth-order valence-electron chi connectivity index (χ4n) is 4.42. The monoisotopic (exact) mass is 376 g/mol. The van der Waals surface area contributed by atoms with E-state index >= 15 is 0 Å². The molecule has 2 bridgehead atoms. The average Bonchev–Trinajstić information content (AvgIpc) is 2.95. The third-order valence-electron chi connectivity index (χ3n) is 5.53. The van der Waals surface area contributed by atoms with Crippen LogP contribution in [0.3, 0.4) is 0 Å². The predicted octanol–water partition coefficient (Wildman–Crippen LogP) is 2.07. The van der Waals surface area contributed by atoms with Crippen LogP contribution in [-0.2, 0) is 17.1 Å². The molecular formula is C13H21BrN4O2S. The van der Waals surface area contributed by atoms with Crippen molar-refractivity contribution in [3.8, 4) is 0 Å². The lowest BCUT2D eigenvalue weighted by molar-refractivity contribution is 0.127. The van der Waals surface area contributed by atoms with Crippen LogP contribution in [-0.4, -0.2) is 29.5 Å². The van der Waals surface area contributed by atoms with Crippen molar-refractivity contribution in [1.82, 2.24) is 19.7 Å². The Hall–Kier alpha value is -0.470. The molecule has 118 valence electrons. The van der Waals surface area contributed by atoms with E-state index in [4.69, 9.17) is 0 Å². The quantitative estimate of drug-likeness (QED) is 0.875. The average molecular weight is 377 g/mol. The zero-order valence-electron chi connectivity index (χ0n) is 12.7. The Morgan fingerprint density at radius 3 is 2.52 bits per heavy atom. The molecule has 3 rings (SSSR count). The van der Waals surface area contributed by atoms with Gasteiger partial charge in [-0.05, 0) is 51.9 Å². The maximum atomic E-state index is 12.8. The molecule has 2 aliphatic carbocycles. The van der Waals surface area contributed by atoms with E-state index < -0.39 is 10.0 Å². The van der Waals surface area contributed by atoms with Gasteiger partial charge in [-0.15, -0.1) is 5.10 Å². The maximum absolute atomic E-state index is 12.8. The number of hydrogen-bond acceptors (Lipinski definition) is 4. The first-order valence-corrected chi connectivity index (χ1v) is 9.43. The molecule has 0 aromatic carbocycles. The fraction of sp³-hybridized carbons (Fsp3) is 0.846. The Kier molecular flexibility index (Phi) is 3.32. The molecule has 21 heavy (non-hydrogen) atoms. The molecule has 0 aliphatic heterocycles. The first-order valence-electron chi connectivity index (χ1n) is 7.15. The number of nitrogens with zero attached hydrogens (tertiary/aromatic N) is 3. The fourth-order valence-corrected chi connectivity index (χ4v) is 7.04. The van der Waals surface area contributed by atoms with Crippen LogP contribution in [0, 0.1) is 16.7 Å². The van der Waals surface area contributed by atoms with Crippen molar-refractivity contribution in [1.29, 1.82) is 0 Å². The Morgan fingerprint density at radius 2 is 2.05 bits per heavy atom. The van der Waals surface area contributed by atoms with Crippen molar-refractivity contribution in [3.05, 3.63) is 4.60 Å². The Labute approximate surface area is 133 Å². The summed E-state index contributed by atoms with van der Waals surface area (Å²) >= 11 is 3.17. The van der Waals surface area contributed by atoms with E-state index in [2.05, 4.69) is 51.7 Å². The van der Waals surface area contributed by atoms with E-state index in [1.807, 2.05) is 0 Å². The van der Waals surface area contributed by atoms with Gasteiger partial charge in [0.05, 0.1) is 0 Å². The van der Waals surface area contributed by atoms with Gasteiger partial charge in [-0.3, -0.25) is 0 Å². The van der Waals surface area contributed by atoms with Crippen LogP contribution in [0.2, 0.25) is 0 Å². The molecule has 2 fully saturated rings. The number of aromatic nitrogens is 3. The molecule has 2 saturated carbocycles. The number of rotatable bonds is 3. The molecule has 8 heteroatoms. The van der Waals surface area contributed by atoms with Crippen LogP contribution in [0.15, 0.2) is 9.63 Å². The predicted molar refractivity (Wildman–Crippen MR) is 82.0 cm³/mol. The summed E-state index contributed by atoms with van der Waals surface area (Å²) in [6, 6.07) is -0.0597. The molecule has 0 saturated heterocycles. The molecule has 1 aromatic rings. The minimum absolute atomic E-state index is 0.0292. The highest BCUT2D eigenvalue weighted by Crippen LogP contribution is 2.62. The van der Waals surface area contributed by atoms with Gasteiger partial charge in [-0.25, -0.2) is 17.8 Å². The molecule has 1 N–H and O–H groups in total. The minimum Gasteiger partial charge on any atom is -0.235 e. The Morgan fingerprint density at radius 1 is 1.38 bits per heavy atom. The lowest BCUT2D eigenvalue weighted by atomic mass is 9.69. The smallest absolute Gasteiger partial charge is 0.235 e. The second kappa shape index (κ2) is 4.52. The van der Waals surface area contributed by atoms with Gasteiger partial charge in [0.1, 0.15) is 0 Å². The first-order chi connectivity index (χ1) is 9.58. The zero-order valence-corrected chi connectivity index (χ0v) is 15.1.